The molecule has 0 aliphatic heterocycles. The maximum atomic E-state index is 6.41. The zero-order chi connectivity index (χ0) is 22.1. The van der Waals surface area contributed by atoms with Crippen molar-refractivity contribution in [2.24, 2.45) is 0 Å². The van der Waals surface area contributed by atoms with Crippen molar-refractivity contribution in [3.8, 4) is 22.5 Å². The van der Waals surface area contributed by atoms with Crippen molar-refractivity contribution in [1.82, 2.24) is 15.0 Å². The third-order valence-electron chi connectivity index (χ3n) is 5.71. The summed E-state index contributed by atoms with van der Waals surface area (Å²) >= 11 is 0. The van der Waals surface area contributed by atoms with Gasteiger partial charge in [0.25, 0.3) is 0 Å². The molecule has 0 amide bonds. The number of hydrogen-bond acceptors (Lipinski definition) is 4. The van der Waals surface area contributed by atoms with Crippen molar-refractivity contribution in [3.63, 3.8) is 0 Å². The lowest BCUT2D eigenvalue weighted by Gasteiger charge is -2.18. The highest BCUT2D eigenvalue weighted by Crippen LogP contribution is 2.39. The number of aryl methyl sites for hydroxylation is 2. The molecule has 2 N–H and O–H groups in total. The average Bonchev–Trinajstić information content (AvgIpc) is 2.81. The Hall–Kier alpha value is -4.05. The second kappa shape index (κ2) is 8.23. The molecule has 0 fully saturated rings. The average molecular weight is 417 g/mol. The summed E-state index contributed by atoms with van der Waals surface area (Å²) in [5.41, 5.74) is 16.1. The normalized spacial score (nSPS) is 11.1. The third kappa shape index (κ3) is 3.71. The molecule has 0 saturated heterocycles. The van der Waals surface area contributed by atoms with E-state index in [9.17, 15) is 0 Å². The van der Waals surface area contributed by atoms with E-state index in [1.807, 2.05) is 49.6 Å². The number of aromatic nitrogens is 3. The van der Waals surface area contributed by atoms with E-state index >= 15 is 0 Å². The summed E-state index contributed by atoms with van der Waals surface area (Å²) < 4.78 is 0. The van der Waals surface area contributed by atoms with Gasteiger partial charge >= 0.3 is 0 Å². The third-order valence-corrected chi connectivity index (χ3v) is 5.71. The zero-order valence-corrected chi connectivity index (χ0v) is 18.2. The van der Waals surface area contributed by atoms with E-state index in [2.05, 4.69) is 54.4 Å². The van der Waals surface area contributed by atoms with Crippen LogP contribution < -0.4 is 5.73 Å². The topological polar surface area (TPSA) is 64.7 Å². The van der Waals surface area contributed by atoms with Gasteiger partial charge in [0.1, 0.15) is 0 Å². The van der Waals surface area contributed by atoms with Gasteiger partial charge in [0.05, 0.1) is 16.9 Å². The Morgan fingerprint density at radius 3 is 2.19 bits per heavy atom. The van der Waals surface area contributed by atoms with Crippen molar-refractivity contribution in [2.75, 3.05) is 5.73 Å². The van der Waals surface area contributed by atoms with Gasteiger partial charge in [-0.05, 0) is 54.8 Å². The summed E-state index contributed by atoms with van der Waals surface area (Å²) in [4.78, 5) is 14.6. The van der Waals surface area contributed by atoms with Crippen LogP contribution in [-0.2, 0) is 6.42 Å². The molecule has 0 spiro atoms. The summed E-state index contributed by atoms with van der Waals surface area (Å²) in [7, 11) is 0. The highest BCUT2D eigenvalue weighted by atomic mass is 14.8. The first-order valence-corrected chi connectivity index (χ1v) is 10.7. The highest BCUT2D eigenvalue weighted by Gasteiger charge is 2.20. The second-order valence-corrected chi connectivity index (χ2v) is 8.14. The lowest BCUT2D eigenvalue weighted by atomic mass is 9.91. The van der Waals surface area contributed by atoms with Gasteiger partial charge in [-0.1, -0.05) is 48.5 Å². The lowest BCUT2D eigenvalue weighted by Crippen LogP contribution is -2.03. The first-order valence-electron chi connectivity index (χ1n) is 10.7. The Bertz CT molecular complexity index is 1400. The monoisotopic (exact) mass is 416 g/mol. The van der Waals surface area contributed by atoms with E-state index in [1.165, 1.54) is 0 Å². The second-order valence-electron chi connectivity index (χ2n) is 8.14. The molecular formula is C28H24N4. The van der Waals surface area contributed by atoms with Crippen LogP contribution >= 0.6 is 0 Å². The molecule has 3 aromatic heterocycles. The summed E-state index contributed by atoms with van der Waals surface area (Å²) in [6, 6.07) is 24.5. The van der Waals surface area contributed by atoms with Crippen LogP contribution in [0.25, 0.3) is 33.4 Å². The number of fused-ring (bicyclic) bond motifs is 1. The molecule has 0 aliphatic carbocycles. The predicted octanol–water partition coefficient (Wildman–Crippen LogP) is 6.15. The minimum atomic E-state index is 0.675. The number of nitrogens with zero attached hydrogens (tertiary/aromatic N) is 3. The van der Waals surface area contributed by atoms with Crippen LogP contribution in [0.4, 0.5) is 5.69 Å². The molecule has 5 aromatic rings. The molecule has 5 rings (SSSR count). The standard InChI is InChI=1S/C28H24N4/c1-18-11-13-20(30-16-18)15-23-21-7-4-6-10-25(21)32-28(22-8-3-5-9-24(22)29)27(23)26-14-12-19(2)17-31-26/h3-14,16-17H,15,29H2,1-2H3. The summed E-state index contributed by atoms with van der Waals surface area (Å²) in [6.07, 6.45) is 4.49. The van der Waals surface area contributed by atoms with E-state index in [-0.39, 0.29) is 0 Å². The number of nitrogen functional groups attached to an aromatic ring is 1. The Morgan fingerprint density at radius 1 is 0.750 bits per heavy atom. The summed E-state index contributed by atoms with van der Waals surface area (Å²) in [5.74, 6) is 0. The van der Waals surface area contributed by atoms with Crippen molar-refractivity contribution in [1.29, 1.82) is 0 Å². The van der Waals surface area contributed by atoms with Gasteiger partial charge in [-0.3, -0.25) is 9.97 Å². The van der Waals surface area contributed by atoms with Crippen LogP contribution in [0, 0.1) is 13.8 Å². The van der Waals surface area contributed by atoms with E-state index in [0.717, 1.165) is 55.8 Å². The maximum Gasteiger partial charge on any atom is 0.0827 e. The molecule has 32 heavy (non-hydrogen) atoms. The molecule has 0 bridgehead atoms. The Labute approximate surface area is 187 Å². The summed E-state index contributed by atoms with van der Waals surface area (Å²) in [5, 5.41) is 1.10. The predicted molar refractivity (Wildman–Crippen MR) is 131 cm³/mol. The number of para-hydroxylation sites is 2. The van der Waals surface area contributed by atoms with Gasteiger partial charge in [-0.15, -0.1) is 0 Å². The number of hydrogen-bond donors (Lipinski definition) is 1. The molecular weight excluding hydrogens is 392 g/mol. The molecule has 0 aliphatic rings. The van der Waals surface area contributed by atoms with Gasteiger partial charge in [0.15, 0.2) is 0 Å². The van der Waals surface area contributed by atoms with Crippen LogP contribution in [0.15, 0.2) is 85.2 Å². The van der Waals surface area contributed by atoms with Crippen molar-refractivity contribution in [3.05, 3.63) is 108 Å². The quantitative estimate of drug-likeness (QED) is 0.357. The first kappa shape index (κ1) is 19.9. The maximum absolute atomic E-state index is 6.41. The first-order chi connectivity index (χ1) is 15.6. The molecule has 4 nitrogen and oxygen atoms in total. The molecule has 0 saturated carbocycles. The molecule has 0 unspecified atom stereocenters. The van der Waals surface area contributed by atoms with Crippen molar-refractivity contribution >= 4 is 16.6 Å². The van der Waals surface area contributed by atoms with Gasteiger partial charge in [-0.25, -0.2) is 4.98 Å². The fourth-order valence-corrected chi connectivity index (χ4v) is 4.05. The lowest BCUT2D eigenvalue weighted by molar-refractivity contribution is 1.07. The van der Waals surface area contributed by atoms with Crippen LogP contribution in [0.2, 0.25) is 0 Å². The van der Waals surface area contributed by atoms with E-state index in [1.54, 1.807) is 0 Å². The van der Waals surface area contributed by atoms with Gasteiger partial charge in [-0.2, -0.15) is 0 Å². The fourth-order valence-electron chi connectivity index (χ4n) is 4.05. The molecule has 4 heteroatoms. The van der Waals surface area contributed by atoms with E-state index < -0.39 is 0 Å². The minimum absolute atomic E-state index is 0.675. The van der Waals surface area contributed by atoms with E-state index in [4.69, 9.17) is 15.7 Å². The largest absolute Gasteiger partial charge is 0.398 e. The molecule has 0 atom stereocenters. The minimum Gasteiger partial charge on any atom is -0.398 e. The number of rotatable bonds is 4. The molecule has 0 radical (unpaired) electrons. The van der Waals surface area contributed by atoms with Crippen LogP contribution in [0.5, 0.6) is 0 Å². The van der Waals surface area contributed by atoms with E-state index in [0.29, 0.717) is 12.1 Å². The smallest absolute Gasteiger partial charge is 0.0827 e. The molecule has 2 aromatic carbocycles. The van der Waals surface area contributed by atoms with Crippen LogP contribution in [0.1, 0.15) is 22.4 Å². The SMILES string of the molecule is Cc1ccc(Cc2c(-c3ccc(C)cn3)c(-c3ccccc3N)nc3ccccc23)nc1. The zero-order valence-electron chi connectivity index (χ0n) is 18.2. The Morgan fingerprint density at radius 2 is 1.47 bits per heavy atom. The van der Waals surface area contributed by atoms with Gasteiger partial charge < -0.3 is 5.73 Å². The molecule has 156 valence electrons. The number of anilines is 1. The van der Waals surface area contributed by atoms with Crippen LogP contribution in [-0.4, -0.2) is 15.0 Å². The molecule has 3 heterocycles. The highest BCUT2D eigenvalue weighted by molar-refractivity contribution is 5.97. The summed E-state index contributed by atoms with van der Waals surface area (Å²) in [6.45, 7) is 4.10. The van der Waals surface area contributed by atoms with Gasteiger partial charge in [0, 0.05) is 46.7 Å². The number of benzene rings is 2. The number of pyridine rings is 3. The van der Waals surface area contributed by atoms with Crippen molar-refractivity contribution in [2.45, 2.75) is 20.3 Å². The van der Waals surface area contributed by atoms with Crippen LogP contribution in [0.3, 0.4) is 0 Å². The number of nitrogens with two attached hydrogens (primary N) is 1. The van der Waals surface area contributed by atoms with Crippen molar-refractivity contribution < 1.29 is 0 Å². The Kier molecular flexibility index (Phi) is 5.12. The Balaban J connectivity index is 1.86. The fraction of sp³-hybridized carbons (Fsp3) is 0.107. The van der Waals surface area contributed by atoms with Gasteiger partial charge in [0.2, 0.25) is 0 Å².